The van der Waals surface area contributed by atoms with Gasteiger partial charge in [-0.1, -0.05) is 121 Å². The van der Waals surface area contributed by atoms with Crippen molar-refractivity contribution in [2.75, 3.05) is 0 Å². The number of hydrogen-bond donors (Lipinski definition) is 0. The third kappa shape index (κ3) is 1.92. The van der Waals surface area contributed by atoms with Crippen molar-refractivity contribution < 1.29 is 0 Å². The van der Waals surface area contributed by atoms with E-state index < -0.39 is 0 Å². The Morgan fingerprint density at radius 2 is 1.13 bits per heavy atom. The second kappa shape index (κ2) is 6.31. The second-order valence-corrected chi connectivity index (χ2v) is 8.55. The summed E-state index contributed by atoms with van der Waals surface area (Å²) in [4.78, 5) is 0. The second-order valence-electron chi connectivity index (χ2n) is 8.55. The quantitative estimate of drug-likeness (QED) is 0.333. The lowest BCUT2D eigenvalue weighted by atomic mass is 9.77. The number of fused-ring (bicyclic) bond motifs is 3. The highest BCUT2D eigenvalue weighted by Crippen LogP contribution is 2.86. The lowest BCUT2D eigenvalue weighted by Gasteiger charge is -2.25. The Morgan fingerprint density at radius 3 is 1.77 bits per heavy atom. The van der Waals surface area contributed by atoms with E-state index in [2.05, 4.69) is 128 Å². The largest absolute Gasteiger partial charge is 0.102 e. The molecule has 0 nitrogen and oxygen atoms in total. The van der Waals surface area contributed by atoms with E-state index in [0.717, 1.165) is 0 Å². The van der Waals surface area contributed by atoms with Crippen LogP contribution in [0, 0.1) is 0 Å². The van der Waals surface area contributed by atoms with Gasteiger partial charge in [-0.05, 0) is 27.8 Å². The van der Waals surface area contributed by atoms with Crippen LogP contribution in [0.2, 0.25) is 0 Å². The van der Waals surface area contributed by atoms with Crippen LogP contribution in [0.5, 0.6) is 0 Å². The maximum atomic E-state index is 4.34. The molecule has 0 bridgehead atoms. The van der Waals surface area contributed by atoms with Gasteiger partial charge in [0.2, 0.25) is 0 Å². The molecule has 4 aromatic rings. The summed E-state index contributed by atoms with van der Waals surface area (Å²) < 4.78 is 0. The number of allylic oxidation sites excluding steroid dienone is 1. The number of hydrogen-bond acceptors (Lipinski definition) is 0. The normalized spacial score (nSPS) is 28.4. The van der Waals surface area contributed by atoms with Crippen molar-refractivity contribution in [3.8, 4) is 0 Å². The Hall–Kier alpha value is -3.38. The molecule has 1 fully saturated rings. The summed E-state index contributed by atoms with van der Waals surface area (Å²) in [5.74, 6) is 0.635. The SMILES string of the molecule is C=C[C@H]1c2ccccc2[C@]2(c3ccccc3)[C@H](c3ccccc3)[C@]12c1ccccc1. The van der Waals surface area contributed by atoms with Gasteiger partial charge in [0.1, 0.15) is 0 Å². The Kier molecular flexibility index (Phi) is 3.67. The first-order chi connectivity index (χ1) is 14.9. The van der Waals surface area contributed by atoms with E-state index in [1.807, 2.05) is 0 Å². The van der Waals surface area contributed by atoms with Gasteiger partial charge < -0.3 is 0 Å². The van der Waals surface area contributed by atoms with E-state index in [4.69, 9.17) is 0 Å². The Morgan fingerprint density at radius 1 is 0.600 bits per heavy atom. The number of rotatable bonds is 4. The average Bonchev–Trinajstić information content (AvgIpc) is 3.39. The van der Waals surface area contributed by atoms with Gasteiger partial charge in [0.15, 0.2) is 0 Å². The van der Waals surface area contributed by atoms with Crippen LogP contribution >= 0.6 is 0 Å². The summed E-state index contributed by atoms with van der Waals surface area (Å²) in [5.41, 5.74) is 6.94. The standard InChI is InChI=1S/C30H24/c1-2-26-25-20-12-13-21-27(25)30(24-18-10-5-11-19-24)28(22-14-6-3-7-15-22)29(26,30)23-16-8-4-9-17-23/h2-21,26,28H,1H2/t26-,28+,29-,30+/m0/s1. The molecule has 2 aliphatic rings. The van der Waals surface area contributed by atoms with Crippen LogP contribution in [0.1, 0.15) is 39.7 Å². The zero-order chi connectivity index (χ0) is 20.2. The molecule has 0 unspecified atom stereocenters. The molecular weight excluding hydrogens is 360 g/mol. The fourth-order valence-corrected chi connectivity index (χ4v) is 6.69. The highest BCUT2D eigenvalue weighted by atomic mass is 14.8. The molecule has 6 rings (SSSR count). The molecule has 0 radical (unpaired) electrons. The molecule has 0 N–H and O–H groups in total. The molecule has 0 saturated heterocycles. The molecule has 0 spiro atoms. The summed E-state index contributed by atoms with van der Waals surface area (Å²) >= 11 is 0. The van der Waals surface area contributed by atoms with Crippen LogP contribution in [0.3, 0.4) is 0 Å². The smallest absolute Gasteiger partial charge is 0.0395 e. The van der Waals surface area contributed by atoms with E-state index in [9.17, 15) is 0 Å². The summed E-state index contributed by atoms with van der Waals surface area (Å²) in [5, 5.41) is 0. The highest BCUT2D eigenvalue weighted by molar-refractivity contribution is 5.75. The van der Waals surface area contributed by atoms with Crippen LogP contribution in [0.15, 0.2) is 128 Å². The van der Waals surface area contributed by atoms with Crippen LogP contribution in [0.4, 0.5) is 0 Å². The van der Waals surface area contributed by atoms with Gasteiger partial charge >= 0.3 is 0 Å². The van der Waals surface area contributed by atoms with Crippen LogP contribution in [-0.4, -0.2) is 0 Å². The molecule has 4 atom stereocenters. The van der Waals surface area contributed by atoms with E-state index >= 15 is 0 Å². The topological polar surface area (TPSA) is 0 Å². The molecule has 0 amide bonds. The predicted molar refractivity (Wildman–Crippen MR) is 124 cm³/mol. The van der Waals surface area contributed by atoms with Gasteiger partial charge in [0.05, 0.1) is 0 Å². The fourth-order valence-electron chi connectivity index (χ4n) is 6.69. The molecule has 0 aromatic heterocycles. The zero-order valence-corrected chi connectivity index (χ0v) is 16.9. The minimum Gasteiger partial charge on any atom is -0.102 e. The van der Waals surface area contributed by atoms with Crippen LogP contribution < -0.4 is 0 Å². The minimum atomic E-state index is -0.0909. The van der Waals surface area contributed by atoms with Gasteiger partial charge in [0.25, 0.3) is 0 Å². The van der Waals surface area contributed by atoms with E-state index in [1.54, 1.807) is 0 Å². The van der Waals surface area contributed by atoms with Crippen molar-refractivity contribution in [1.82, 2.24) is 0 Å². The predicted octanol–water partition coefficient (Wildman–Crippen LogP) is 6.99. The Bertz CT molecular complexity index is 1210. The average molecular weight is 385 g/mol. The summed E-state index contributed by atoms with van der Waals surface area (Å²) in [6, 6.07) is 42.4. The molecular formula is C30H24. The van der Waals surface area contributed by atoms with Crippen LogP contribution in [-0.2, 0) is 10.8 Å². The van der Waals surface area contributed by atoms with Crippen molar-refractivity contribution in [3.05, 3.63) is 156 Å². The van der Waals surface area contributed by atoms with Gasteiger partial charge in [-0.3, -0.25) is 0 Å². The van der Waals surface area contributed by atoms with E-state index in [0.29, 0.717) is 5.92 Å². The third-order valence-electron chi connectivity index (χ3n) is 7.52. The molecule has 30 heavy (non-hydrogen) atoms. The molecule has 2 aliphatic carbocycles. The summed E-state index contributed by atoms with van der Waals surface area (Å²) in [6.07, 6.45) is 2.19. The van der Waals surface area contributed by atoms with Gasteiger partial charge in [-0.15, -0.1) is 6.58 Å². The lowest BCUT2D eigenvalue weighted by Crippen LogP contribution is -2.22. The minimum absolute atomic E-state index is 0.0671. The first-order valence-corrected chi connectivity index (χ1v) is 10.7. The summed E-state index contributed by atoms with van der Waals surface area (Å²) in [6.45, 7) is 4.34. The van der Waals surface area contributed by atoms with Crippen molar-refractivity contribution in [1.29, 1.82) is 0 Å². The number of benzene rings is 4. The van der Waals surface area contributed by atoms with Crippen LogP contribution in [0.25, 0.3) is 0 Å². The Labute approximate surface area is 178 Å². The highest BCUT2D eigenvalue weighted by Gasteiger charge is 2.84. The molecule has 0 heteroatoms. The maximum Gasteiger partial charge on any atom is 0.0395 e. The monoisotopic (exact) mass is 384 g/mol. The van der Waals surface area contributed by atoms with Gasteiger partial charge in [-0.2, -0.15) is 0 Å². The third-order valence-corrected chi connectivity index (χ3v) is 7.52. The van der Waals surface area contributed by atoms with Crippen molar-refractivity contribution in [2.24, 2.45) is 0 Å². The fraction of sp³-hybridized carbons (Fsp3) is 0.133. The molecule has 0 heterocycles. The van der Waals surface area contributed by atoms with Crippen molar-refractivity contribution in [3.63, 3.8) is 0 Å². The van der Waals surface area contributed by atoms with E-state index in [1.165, 1.54) is 27.8 Å². The van der Waals surface area contributed by atoms with Gasteiger partial charge in [0, 0.05) is 22.7 Å². The summed E-state index contributed by atoms with van der Waals surface area (Å²) in [7, 11) is 0. The first kappa shape index (κ1) is 17.5. The first-order valence-electron chi connectivity index (χ1n) is 10.7. The maximum absolute atomic E-state index is 4.34. The Balaban J connectivity index is 1.76. The van der Waals surface area contributed by atoms with Crippen molar-refractivity contribution >= 4 is 0 Å². The van der Waals surface area contributed by atoms with Crippen molar-refractivity contribution in [2.45, 2.75) is 22.7 Å². The lowest BCUT2D eigenvalue weighted by molar-refractivity contribution is 0.579. The zero-order valence-electron chi connectivity index (χ0n) is 16.9. The van der Waals surface area contributed by atoms with Gasteiger partial charge in [-0.25, -0.2) is 0 Å². The molecule has 4 aromatic carbocycles. The molecule has 144 valence electrons. The molecule has 1 saturated carbocycles. The van der Waals surface area contributed by atoms with E-state index in [-0.39, 0.29) is 16.7 Å². The molecule has 0 aliphatic heterocycles.